The summed E-state index contributed by atoms with van der Waals surface area (Å²) in [4.78, 5) is 41.0. The molecule has 216 valence electrons. The van der Waals surface area contributed by atoms with E-state index in [0.717, 1.165) is 50.6 Å². The molecule has 2 N–H and O–H groups in total. The molecular weight excluding hydrogens is 504 g/mol. The van der Waals surface area contributed by atoms with Crippen molar-refractivity contribution in [2.75, 3.05) is 6.61 Å². The highest BCUT2D eigenvalue weighted by Crippen LogP contribution is 2.67. The molecule has 0 amide bonds. The molecule has 7 nitrogen and oxygen atoms in total. The molecule has 3 saturated carbocycles. The fourth-order valence-electron chi connectivity index (χ4n) is 8.69. The van der Waals surface area contributed by atoms with Gasteiger partial charge in [-0.25, -0.2) is 0 Å². The maximum atomic E-state index is 12.4. The van der Waals surface area contributed by atoms with Crippen molar-refractivity contribution in [3.63, 3.8) is 0 Å². The van der Waals surface area contributed by atoms with Crippen LogP contribution in [0, 0.1) is 34.5 Å². The minimum Gasteiger partial charge on any atom is -0.462 e. The first-order chi connectivity index (χ1) is 19.1. The van der Waals surface area contributed by atoms with Crippen molar-refractivity contribution in [1.82, 2.24) is 4.98 Å². The summed E-state index contributed by atoms with van der Waals surface area (Å²) in [6, 6.07) is 4.80. The predicted octanol–water partition coefficient (Wildman–Crippen LogP) is 5.13. The maximum Gasteiger partial charge on any atom is 0.323 e. The number of nitrogens with two attached hydrogens (primary N) is 1. The number of ether oxygens (including phenoxy) is 2. The largest absolute Gasteiger partial charge is 0.462 e. The van der Waals surface area contributed by atoms with Gasteiger partial charge in [0.25, 0.3) is 0 Å². The van der Waals surface area contributed by atoms with Crippen molar-refractivity contribution in [1.29, 1.82) is 0 Å². The average molecular weight is 549 g/mol. The number of ketones is 1. The second-order valence-electron chi connectivity index (χ2n) is 13.0. The zero-order chi connectivity index (χ0) is 28.5. The Balaban J connectivity index is 1.27. The monoisotopic (exact) mass is 548 g/mol. The summed E-state index contributed by atoms with van der Waals surface area (Å²) in [6.07, 6.45) is 15.6. The van der Waals surface area contributed by atoms with Gasteiger partial charge in [0.15, 0.2) is 5.78 Å². The molecule has 0 radical (unpaired) electrons. The number of allylic oxidation sites excluding steroid dienone is 2. The molecule has 0 aromatic carbocycles. The van der Waals surface area contributed by atoms with Crippen LogP contribution in [0.3, 0.4) is 0 Å². The average Bonchev–Trinajstić information content (AvgIpc) is 3.25. The van der Waals surface area contributed by atoms with E-state index in [1.54, 1.807) is 6.20 Å². The van der Waals surface area contributed by atoms with Crippen LogP contribution in [0.1, 0.15) is 77.8 Å². The summed E-state index contributed by atoms with van der Waals surface area (Å²) >= 11 is 0. The van der Waals surface area contributed by atoms with Gasteiger partial charge in [0.1, 0.15) is 18.8 Å². The SMILES string of the molecule is CC(=O)O[C@H]1CCC2C3C(C/C=C/COC(=O)[C@H](N)Cc4ccccn4)CC4=CC(=O)CC[C@]4(C)C3CC[C@@]21C. The van der Waals surface area contributed by atoms with Gasteiger partial charge in [-0.05, 0) is 92.2 Å². The molecule has 1 aromatic rings. The third-order valence-electron chi connectivity index (χ3n) is 10.7. The summed E-state index contributed by atoms with van der Waals surface area (Å²) in [5.74, 6) is 1.56. The van der Waals surface area contributed by atoms with E-state index >= 15 is 0 Å². The van der Waals surface area contributed by atoms with Crippen LogP contribution in [-0.4, -0.2) is 41.5 Å². The van der Waals surface area contributed by atoms with E-state index in [-0.39, 0.29) is 35.3 Å². The molecule has 4 unspecified atom stereocenters. The Bertz CT molecular complexity index is 1180. The van der Waals surface area contributed by atoms with Crippen LogP contribution in [0.2, 0.25) is 0 Å². The van der Waals surface area contributed by atoms with Crippen molar-refractivity contribution in [2.24, 2.45) is 40.2 Å². The first-order valence-electron chi connectivity index (χ1n) is 15.0. The fraction of sp³-hybridized carbons (Fsp3) is 0.636. The zero-order valence-corrected chi connectivity index (χ0v) is 24.1. The third kappa shape index (κ3) is 5.54. The molecule has 0 aliphatic heterocycles. The number of esters is 2. The number of rotatable bonds is 8. The van der Waals surface area contributed by atoms with Gasteiger partial charge >= 0.3 is 11.9 Å². The first kappa shape index (κ1) is 28.7. The number of hydrogen-bond donors (Lipinski definition) is 1. The number of nitrogens with zero attached hydrogens (tertiary/aromatic N) is 1. The molecule has 0 spiro atoms. The van der Waals surface area contributed by atoms with E-state index in [2.05, 4.69) is 24.9 Å². The summed E-state index contributed by atoms with van der Waals surface area (Å²) in [5, 5.41) is 0. The number of carbonyl (C=O) groups is 3. The molecule has 3 fully saturated rings. The van der Waals surface area contributed by atoms with Gasteiger partial charge in [-0.2, -0.15) is 0 Å². The van der Waals surface area contributed by atoms with Crippen LogP contribution >= 0.6 is 0 Å². The lowest BCUT2D eigenvalue weighted by Gasteiger charge is -2.60. The van der Waals surface area contributed by atoms with E-state index in [4.69, 9.17) is 15.2 Å². The second-order valence-corrected chi connectivity index (χ2v) is 13.0. The van der Waals surface area contributed by atoms with Gasteiger partial charge in [0.2, 0.25) is 0 Å². The minimum absolute atomic E-state index is 0.00383. The third-order valence-corrected chi connectivity index (χ3v) is 10.7. The van der Waals surface area contributed by atoms with Crippen molar-refractivity contribution >= 4 is 17.7 Å². The molecular formula is C33H44N2O5. The van der Waals surface area contributed by atoms with Crippen LogP contribution in [-0.2, 0) is 30.3 Å². The van der Waals surface area contributed by atoms with E-state index in [1.807, 2.05) is 30.4 Å². The second kappa shape index (κ2) is 11.6. The molecule has 7 heteroatoms. The van der Waals surface area contributed by atoms with Gasteiger partial charge in [0.05, 0.1) is 0 Å². The van der Waals surface area contributed by atoms with E-state index in [9.17, 15) is 14.4 Å². The van der Waals surface area contributed by atoms with Crippen LogP contribution in [0.4, 0.5) is 0 Å². The lowest BCUT2D eigenvalue weighted by molar-refractivity contribution is -0.158. The lowest BCUT2D eigenvalue weighted by Crippen LogP contribution is -2.54. The molecule has 8 atom stereocenters. The van der Waals surface area contributed by atoms with Gasteiger partial charge < -0.3 is 15.2 Å². The van der Waals surface area contributed by atoms with Gasteiger partial charge in [-0.15, -0.1) is 0 Å². The van der Waals surface area contributed by atoms with Gasteiger partial charge in [-0.1, -0.05) is 37.6 Å². The highest BCUT2D eigenvalue weighted by Gasteiger charge is 2.61. The van der Waals surface area contributed by atoms with Crippen molar-refractivity contribution < 1.29 is 23.9 Å². The first-order valence-corrected chi connectivity index (χ1v) is 15.0. The Morgan fingerprint density at radius 2 is 1.98 bits per heavy atom. The molecule has 1 aromatic heterocycles. The maximum absolute atomic E-state index is 12.4. The van der Waals surface area contributed by atoms with Crippen molar-refractivity contribution in [3.8, 4) is 0 Å². The number of carbonyl (C=O) groups excluding carboxylic acids is 3. The highest BCUT2D eigenvalue weighted by atomic mass is 16.5. The molecule has 4 aliphatic carbocycles. The fourth-order valence-corrected chi connectivity index (χ4v) is 8.69. The Kier molecular flexibility index (Phi) is 8.32. The van der Waals surface area contributed by atoms with Crippen LogP contribution < -0.4 is 5.73 Å². The van der Waals surface area contributed by atoms with Crippen molar-refractivity contribution in [3.05, 3.63) is 53.9 Å². The summed E-state index contributed by atoms with van der Waals surface area (Å²) < 4.78 is 11.3. The quantitative estimate of drug-likeness (QED) is 0.354. The minimum atomic E-state index is -0.747. The lowest BCUT2D eigenvalue weighted by atomic mass is 9.44. The van der Waals surface area contributed by atoms with E-state index < -0.39 is 12.0 Å². The Labute approximate surface area is 238 Å². The predicted molar refractivity (Wildman–Crippen MR) is 152 cm³/mol. The Hall–Kier alpha value is -2.80. The Morgan fingerprint density at radius 3 is 2.73 bits per heavy atom. The number of pyridine rings is 1. The topological polar surface area (TPSA) is 109 Å². The smallest absolute Gasteiger partial charge is 0.323 e. The molecule has 5 rings (SSSR count). The Morgan fingerprint density at radius 1 is 1.15 bits per heavy atom. The molecule has 1 heterocycles. The summed E-state index contributed by atoms with van der Waals surface area (Å²) in [7, 11) is 0. The summed E-state index contributed by atoms with van der Waals surface area (Å²) in [5.41, 5.74) is 8.19. The highest BCUT2D eigenvalue weighted by molar-refractivity contribution is 5.91. The van der Waals surface area contributed by atoms with Crippen LogP contribution in [0.15, 0.2) is 48.2 Å². The molecule has 40 heavy (non-hydrogen) atoms. The normalized spacial score (nSPS) is 35.8. The molecule has 0 saturated heterocycles. The molecule has 0 bridgehead atoms. The van der Waals surface area contributed by atoms with Crippen LogP contribution in [0.5, 0.6) is 0 Å². The summed E-state index contributed by atoms with van der Waals surface area (Å²) in [6.45, 7) is 6.44. The van der Waals surface area contributed by atoms with Crippen LogP contribution in [0.25, 0.3) is 0 Å². The standard InChI is InChI=1S/C33H44N2O5/c1-21(36)40-29-11-10-26-30-22(8-5-7-17-39-31(38)28(34)20-24-9-4-6-16-35-24)18-23-19-25(37)12-14-32(23,2)27(30)13-15-33(26,29)3/h4-7,9,16,19,22,26-30H,8,10-15,17-18,20,34H2,1-3H3/b7-5+/t22?,26?,27?,28-,29+,30?,32+,33+/m1/s1. The van der Waals surface area contributed by atoms with Gasteiger partial charge in [-0.3, -0.25) is 19.4 Å². The zero-order valence-electron chi connectivity index (χ0n) is 24.1. The van der Waals surface area contributed by atoms with E-state index in [0.29, 0.717) is 36.5 Å². The molecule has 4 aliphatic rings. The number of hydrogen-bond acceptors (Lipinski definition) is 7. The number of fused-ring (bicyclic) bond motifs is 5. The van der Waals surface area contributed by atoms with E-state index in [1.165, 1.54) is 12.5 Å². The number of aromatic nitrogens is 1. The van der Waals surface area contributed by atoms with Crippen molar-refractivity contribution in [2.45, 2.75) is 90.7 Å². The van der Waals surface area contributed by atoms with Gasteiger partial charge in [0, 0.05) is 37.1 Å².